The summed E-state index contributed by atoms with van der Waals surface area (Å²) in [5, 5.41) is 1.19. The number of rotatable bonds is 7. The van der Waals surface area contributed by atoms with Crippen molar-refractivity contribution in [1.82, 2.24) is 4.90 Å². The Morgan fingerprint density at radius 3 is 2.30 bits per heavy atom. The number of hydrogen-bond acceptors (Lipinski definition) is 4. The lowest BCUT2D eigenvalue weighted by atomic mass is 9.74. The minimum Gasteiger partial charge on any atom is -0.329 e. The van der Waals surface area contributed by atoms with Crippen LogP contribution in [0.3, 0.4) is 0 Å². The Balaban J connectivity index is 2.01. The first-order valence-electron chi connectivity index (χ1n) is 10.1. The van der Waals surface area contributed by atoms with E-state index in [2.05, 4.69) is 0 Å². The van der Waals surface area contributed by atoms with E-state index in [-0.39, 0.29) is 22.5 Å². The van der Waals surface area contributed by atoms with Gasteiger partial charge in [0.05, 0.1) is 10.4 Å². The maximum atomic E-state index is 12.9. The number of amides is 1. The normalized spacial score (nSPS) is 22.4. The predicted octanol–water partition coefficient (Wildman–Crippen LogP) is 4.15. The summed E-state index contributed by atoms with van der Waals surface area (Å²) in [6.45, 7) is 3.75. The number of Topliss-reactive ketones (excluding diaryl/α,β-unsaturated/α-hetero) is 1. The molecule has 0 N–H and O–H groups in total. The molecule has 0 unspecified atom stereocenters. The van der Waals surface area contributed by atoms with Gasteiger partial charge in [-0.1, -0.05) is 48.5 Å². The van der Waals surface area contributed by atoms with E-state index in [4.69, 9.17) is 0 Å². The molecule has 1 fully saturated rings. The smallest absolute Gasteiger partial charge is 0.223 e. The zero-order valence-electron chi connectivity index (χ0n) is 17.3. The Kier molecular flexibility index (Phi) is 6.56. The fourth-order valence-corrected chi connectivity index (χ4v) is 5.18. The van der Waals surface area contributed by atoms with Crippen LogP contribution in [0.4, 0.5) is 0 Å². The molecule has 1 heterocycles. The molecule has 1 amide bonds. The molecule has 0 aromatic heterocycles. The van der Waals surface area contributed by atoms with Gasteiger partial charge in [0.1, 0.15) is 5.78 Å². The first kappa shape index (κ1) is 22.0. The Bertz CT molecular complexity index is 1030. The summed E-state index contributed by atoms with van der Waals surface area (Å²) >= 11 is 0. The van der Waals surface area contributed by atoms with Crippen molar-refractivity contribution < 1.29 is 18.0 Å². The number of ketones is 1. The van der Waals surface area contributed by atoms with Gasteiger partial charge in [-0.05, 0) is 50.0 Å². The van der Waals surface area contributed by atoms with E-state index in [0.717, 1.165) is 5.56 Å². The van der Waals surface area contributed by atoms with Gasteiger partial charge in [-0.15, -0.1) is 0 Å². The first-order chi connectivity index (χ1) is 14.2. The molecular formula is C24H27NO4S. The summed E-state index contributed by atoms with van der Waals surface area (Å²) in [4.78, 5) is 26.7. The lowest BCUT2D eigenvalue weighted by molar-refractivity contribution is -0.144. The van der Waals surface area contributed by atoms with Crippen molar-refractivity contribution in [1.29, 1.82) is 0 Å². The molecule has 1 aliphatic rings. The number of piperidine rings is 1. The molecule has 5 nitrogen and oxygen atoms in total. The third kappa shape index (κ3) is 4.87. The topological polar surface area (TPSA) is 71.5 Å². The second-order valence-electron chi connectivity index (χ2n) is 7.99. The lowest BCUT2D eigenvalue weighted by Gasteiger charge is -2.48. The highest BCUT2D eigenvalue weighted by molar-refractivity contribution is 7.94. The van der Waals surface area contributed by atoms with Gasteiger partial charge in [0.15, 0.2) is 9.84 Å². The molecule has 0 spiro atoms. The lowest BCUT2D eigenvalue weighted by Crippen LogP contribution is -2.56. The van der Waals surface area contributed by atoms with E-state index in [1.54, 1.807) is 41.3 Å². The van der Waals surface area contributed by atoms with E-state index in [0.29, 0.717) is 25.8 Å². The van der Waals surface area contributed by atoms with Crippen LogP contribution in [0.1, 0.15) is 38.7 Å². The van der Waals surface area contributed by atoms with Crippen molar-refractivity contribution in [3.63, 3.8) is 0 Å². The minimum absolute atomic E-state index is 0.0274. The van der Waals surface area contributed by atoms with Crippen LogP contribution in [-0.2, 0) is 26.0 Å². The van der Waals surface area contributed by atoms with Crippen LogP contribution in [0.15, 0.2) is 77.0 Å². The average Bonchev–Trinajstić information content (AvgIpc) is 2.73. The van der Waals surface area contributed by atoms with Gasteiger partial charge < -0.3 is 9.69 Å². The molecule has 0 aliphatic carbocycles. The van der Waals surface area contributed by atoms with Gasteiger partial charge in [0.2, 0.25) is 5.91 Å². The Labute approximate surface area is 178 Å². The first-order valence-corrected chi connectivity index (χ1v) is 11.6. The monoisotopic (exact) mass is 425 g/mol. The number of carbonyl (C=O) groups is 2. The van der Waals surface area contributed by atoms with Gasteiger partial charge >= 0.3 is 0 Å². The summed E-state index contributed by atoms with van der Waals surface area (Å²) < 4.78 is 25.7. The molecule has 2 aromatic rings. The van der Waals surface area contributed by atoms with Crippen LogP contribution in [0.2, 0.25) is 0 Å². The molecule has 0 saturated carbocycles. The Morgan fingerprint density at radius 2 is 1.70 bits per heavy atom. The van der Waals surface area contributed by atoms with Crippen LogP contribution < -0.4 is 0 Å². The Morgan fingerprint density at radius 1 is 1.10 bits per heavy atom. The minimum atomic E-state index is -3.67. The van der Waals surface area contributed by atoms with E-state index >= 15 is 0 Å². The van der Waals surface area contributed by atoms with Crippen molar-refractivity contribution >= 4 is 21.5 Å². The largest absolute Gasteiger partial charge is 0.329 e. The van der Waals surface area contributed by atoms with E-state index in [1.165, 1.54) is 12.3 Å². The highest BCUT2D eigenvalue weighted by Crippen LogP contribution is 2.39. The van der Waals surface area contributed by atoms with Crippen LogP contribution in [-0.4, -0.2) is 30.5 Å². The molecule has 1 saturated heterocycles. The highest BCUT2D eigenvalue weighted by atomic mass is 32.2. The van der Waals surface area contributed by atoms with Gasteiger partial charge in [0, 0.05) is 24.8 Å². The standard InChI is InChI=1S/C24H27NO4S/c1-19(26)17-21-13-14-23(27)25(18-20-9-5-3-6-10-20)24(21,2)15-16-30(28,29)22-11-7-4-8-12-22/h3-12,15-16,21H,13-14,17-18H2,1-2H3/b16-15+/t21-,24-/m1/s1. The van der Waals surface area contributed by atoms with Crippen LogP contribution in [0, 0.1) is 5.92 Å². The number of benzene rings is 2. The number of likely N-dealkylation sites (tertiary alicyclic amines) is 1. The van der Waals surface area contributed by atoms with Crippen molar-refractivity contribution in [2.45, 2.75) is 50.1 Å². The molecule has 0 radical (unpaired) electrons. The number of hydrogen-bond donors (Lipinski definition) is 0. The second kappa shape index (κ2) is 8.96. The van der Waals surface area contributed by atoms with Crippen LogP contribution in [0.25, 0.3) is 0 Å². The Hall–Kier alpha value is -2.73. The number of sulfone groups is 1. The predicted molar refractivity (Wildman–Crippen MR) is 116 cm³/mol. The summed E-state index contributed by atoms with van der Waals surface area (Å²) in [5.41, 5.74) is 0.0680. The third-order valence-corrected chi connectivity index (χ3v) is 7.21. The SMILES string of the molecule is CC(=O)C[C@H]1CCC(=O)N(Cc2ccccc2)[C@]1(C)/C=C/S(=O)(=O)c1ccccc1. The maximum Gasteiger partial charge on any atom is 0.223 e. The highest BCUT2D eigenvalue weighted by Gasteiger charge is 2.44. The van der Waals surface area contributed by atoms with Crippen LogP contribution in [0.5, 0.6) is 0 Å². The average molecular weight is 426 g/mol. The quantitative estimate of drug-likeness (QED) is 0.668. The molecule has 30 heavy (non-hydrogen) atoms. The molecule has 1 aliphatic heterocycles. The molecule has 2 aromatic carbocycles. The van der Waals surface area contributed by atoms with E-state index in [9.17, 15) is 18.0 Å². The summed E-state index contributed by atoms with van der Waals surface area (Å²) in [6, 6.07) is 17.8. The fraction of sp³-hybridized carbons (Fsp3) is 0.333. The summed E-state index contributed by atoms with van der Waals surface area (Å²) in [6.07, 6.45) is 2.79. The van der Waals surface area contributed by atoms with Gasteiger partial charge in [-0.3, -0.25) is 4.79 Å². The number of carbonyl (C=O) groups excluding carboxylic acids is 2. The van der Waals surface area contributed by atoms with Crippen molar-refractivity contribution in [2.24, 2.45) is 5.92 Å². The zero-order valence-corrected chi connectivity index (χ0v) is 18.1. The summed E-state index contributed by atoms with van der Waals surface area (Å²) in [7, 11) is -3.67. The fourth-order valence-electron chi connectivity index (χ4n) is 4.04. The molecule has 3 rings (SSSR count). The molecule has 2 atom stereocenters. The van der Waals surface area contributed by atoms with Gasteiger partial charge in [-0.25, -0.2) is 8.42 Å². The summed E-state index contributed by atoms with van der Waals surface area (Å²) in [5.74, 6) is -0.166. The molecule has 158 valence electrons. The van der Waals surface area contributed by atoms with Crippen molar-refractivity contribution in [3.8, 4) is 0 Å². The maximum absolute atomic E-state index is 12.9. The zero-order chi connectivity index (χ0) is 21.8. The van der Waals surface area contributed by atoms with E-state index < -0.39 is 15.4 Å². The van der Waals surface area contributed by atoms with E-state index in [1.807, 2.05) is 37.3 Å². The van der Waals surface area contributed by atoms with Crippen molar-refractivity contribution in [3.05, 3.63) is 77.7 Å². The number of nitrogens with zero attached hydrogens (tertiary/aromatic N) is 1. The van der Waals surface area contributed by atoms with Crippen molar-refractivity contribution in [2.75, 3.05) is 0 Å². The second-order valence-corrected chi connectivity index (χ2v) is 9.83. The molecule has 0 bridgehead atoms. The molecule has 6 heteroatoms. The van der Waals surface area contributed by atoms with Gasteiger partial charge in [0.25, 0.3) is 0 Å². The van der Waals surface area contributed by atoms with Gasteiger partial charge in [-0.2, -0.15) is 0 Å². The third-order valence-electron chi connectivity index (χ3n) is 5.79. The molecular weight excluding hydrogens is 398 g/mol. The van der Waals surface area contributed by atoms with Crippen LogP contribution >= 0.6 is 0 Å².